The molecule has 1 N–H and O–H groups in total. The Kier molecular flexibility index (Phi) is 5.51. The molecule has 2 aromatic rings. The summed E-state index contributed by atoms with van der Waals surface area (Å²) in [5, 5.41) is 8.44. The van der Waals surface area contributed by atoms with Crippen molar-refractivity contribution in [3.8, 4) is 0 Å². The second kappa shape index (κ2) is 6.67. The zero-order chi connectivity index (χ0) is 12.0. The third-order valence-electron chi connectivity index (χ3n) is 1.49. The van der Waals surface area contributed by atoms with Crippen LogP contribution in [0.1, 0.15) is 16.3 Å². The number of aliphatic hydroxyl groups is 1. The van der Waals surface area contributed by atoms with Gasteiger partial charge in [0.15, 0.2) is 21.4 Å². The zero-order valence-corrected chi connectivity index (χ0v) is 11.2. The van der Waals surface area contributed by atoms with Gasteiger partial charge in [0, 0.05) is 0 Å². The summed E-state index contributed by atoms with van der Waals surface area (Å²) in [6, 6.07) is 6.72. The predicted molar refractivity (Wildman–Crippen MR) is 64.1 cm³/mol. The molecule has 0 unspecified atom stereocenters. The largest absolute Gasteiger partial charge is 0.452 e. The monoisotopic (exact) mass is 350 g/mol. The van der Waals surface area contributed by atoms with Crippen molar-refractivity contribution < 1.29 is 18.7 Å². The third-order valence-corrected chi connectivity index (χ3v) is 2.35. The van der Waals surface area contributed by atoms with Crippen LogP contribution < -0.4 is 0 Å². The number of rotatable bonds is 2. The number of aliphatic hydroxyl groups excluding tert-OH is 1. The summed E-state index contributed by atoms with van der Waals surface area (Å²) in [5.74, 6) is 0.925. The molecule has 0 spiro atoms. The molecule has 2 heterocycles. The fourth-order valence-electron chi connectivity index (χ4n) is 0.828. The van der Waals surface area contributed by atoms with Gasteiger partial charge in [0.25, 0.3) is 0 Å². The van der Waals surface area contributed by atoms with Crippen LogP contribution in [0.25, 0.3) is 0 Å². The summed E-state index contributed by atoms with van der Waals surface area (Å²) in [6.07, 6.45) is 0.657. The molecule has 0 amide bonds. The number of carbonyl (C=O) groups is 1. The van der Waals surface area contributed by atoms with Crippen molar-refractivity contribution in [2.24, 2.45) is 0 Å². The first-order chi connectivity index (χ1) is 7.65. The Balaban J connectivity index is 0.000000160. The molecular weight excluding hydrogens is 344 g/mol. The molecule has 0 aromatic carbocycles. The first-order valence-electron chi connectivity index (χ1n) is 4.21. The van der Waals surface area contributed by atoms with Crippen molar-refractivity contribution in [2.45, 2.75) is 6.61 Å². The highest BCUT2D eigenvalue weighted by Gasteiger charge is 1.94. The number of hydrogen-bond acceptors (Lipinski definition) is 4. The maximum absolute atomic E-state index is 9.91. The first kappa shape index (κ1) is 13.2. The summed E-state index contributed by atoms with van der Waals surface area (Å²) in [4.78, 5) is 9.91. The summed E-state index contributed by atoms with van der Waals surface area (Å²) in [7, 11) is 0. The lowest BCUT2D eigenvalue weighted by Gasteiger charge is -1.81. The van der Waals surface area contributed by atoms with E-state index in [0.29, 0.717) is 27.1 Å². The molecule has 0 aliphatic heterocycles. The van der Waals surface area contributed by atoms with E-state index in [1.807, 2.05) is 0 Å². The van der Waals surface area contributed by atoms with Gasteiger partial charge in [0.05, 0.1) is 0 Å². The predicted octanol–water partition coefficient (Wildman–Crippen LogP) is 3.39. The van der Waals surface area contributed by atoms with Crippen LogP contribution >= 0.6 is 31.9 Å². The number of aldehydes is 1. The Hall–Kier alpha value is -0.850. The molecule has 0 saturated carbocycles. The Morgan fingerprint density at radius 1 is 1.12 bits per heavy atom. The van der Waals surface area contributed by atoms with E-state index >= 15 is 0 Å². The minimum Gasteiger partial charge on any atom is -0.452 e. The highest BCUT2D eigenvalue weighted by molar-refractivity contribution is 9.10. The van der Waals surface area contributed by atoms with Crippen molar-refractivity contribution in [2.75, 3.05) is 0 Å². The quantitative estimate of drug-likeness (QED) is 0.842. The summed E-state index contributed by atoms with van der Waals surface area (Å²) in [6.45, 7) is -0.0361. The van der Waals surface area contributed by atoms with E-state index in [9.17, 15) is 4.79 Å². The smallest absolute Gasteiger partial charge is 0.185 e. The van der Waals surface area contributed by atoms with Gasteiger partial charge in [-0.2, -0.15) is 0 Å². The van der Waals surface area contributed by atoms with Crippen molar-refractivity contribution in [1.82, 2.24) is 0 Å². The highest BCUT2D eigenvalue weighted by atomic mass is 79.9. The van der Waals surface area contributed by atoms with E-state index in [1.165, 1.54) is 0 Å². The number of furan rings is 2. The van der Waals surface area contributed by atoms with Crippen molar-refractivity contribution in [1.29, 1.82) is 0 Å². The molecule has 6 heteroatoms. The molecule has 86 valence electrons. The molecule has 4 nitrogen and oxygen atoms in total. The molecule has 2 rings (SSSR count). The molecule has 0 saturated heterocycles. The molecule has 0 aliphatic carbocycles. The lowest BCUT2D eigenvalue weighted by molar-refractivity contribution is 0.109. The van der Waals surface area contributed by atoms with Crippen molar-refractivity contribution in [3.05, 3.63) is 45.1 Å². The minimum absolute atomic E-state index is 0.0361. The maximum atomic E-state index is 9.91. The van der Waals surface area contributed by atoms with Gasteiger partial charge in [-0.1, -0.05) is 0 Å². The first-order valence-corrected chi connectivity index (χ1v) is 5.80. The second-order valence-corrected chi connectivity index (χ2v) is 4.19. The summed E-state index contributed by atoms with van der Waals surface area (Å²) >= 11 is 6.14. The number of halogens is 2. The highest BCUT2D eigenvalue weighted by Crippen LogP contribution is 2.13. The van der Waals surface area contributed by atoms with Crippen molar-refractivity contribution in [3.63, 3.8) is 0 Å². The van der Waals surface area contributed by atoms with Crippen LogP contribution in [0.15, 0.2) is 42.4 Å². The maximum Gasteiger partial charge on any atom is 0.185 e. The van der Waals surface area contributed by atoms with Gasteiger partial charge in [-0.05, 0) is 56.1 Å². The minimum atomic E-state index is -0.0361. The van der Waals surface area contributed by atoms with E-state index in [0.717, 1.165) is 0 Å². The molecule has 2 aromatic heterocycles. The number of carbonyl (C=O) groups excluding carboxylic acids is 1. The van der Waals surface area contributed by atoms with E-state index in [1.54, 1.807) is 24.3 Å². The van der Waals surface area contributed by atoms with Crippen LogP contribution in [-0.4, -0.2) is 11.4 Å². The molecule has 16 heavy (non-hydrogen) atoms. The second-order valence-electron chi connectivity index (χ2n) is 2.62. The lowest BCUT2D eigenvalue weighted by Crippen LogP contribution is -1.72. The average molecular weight is 352 g/mol. The molecule has 0 bridgehead atoms. The molecule has 0 atom stereocenters. The van der Waals surface area contributed by atoms with E-state index in [4.69, 9.17) is 13.9 Å². The van der Waals surface area contributed by atoms with E-state index in [2.05, 4.69) is 31.9 Å². The summed E-state index contributed by atoms with van der Waals surface area (Å²) < 4.78 is 10.9. The van der Waals surface area contributed by atoms with Gasteiger partial charge in [-0.15, -0.1) is 0 Å². The molecule has 0 aliphatic rings. The number of hydrogen-bond donors (Lipinski definition) is 1. The van der Waals surface area contributed by atoms with Crippen LogP contribution in [0, 0.1) is 0 Å². The fourth-order valence-corrected chi connectivity index (χ4v) is 1.49. The lowest BCUT2D eigenvalue weighted by atomic mass is 10.5. The van der Waals surface area contributed by atoms with Crippen LogP contribution in [0.3, 0.4) is 0 Å². The topological polar surface area (TPSA) is 63.6 Å². The molecular formula is C10H8Br2O4. The van der Waals surface area contributed by atoms with E-state index in [-0.39, 0.29) is 6.61 Å². The zero-order valence-electron chi connectivity index (χ0n) is 8.02. The standard InChI is InChI=1S/C5H5BrO2.C5H3BrO2/c2*6-5-2-1-4(3-7)8-5/h1-2,7H,3H2;1-3H. The van der Waals surface area contributed by atoms with Gasteiger partial charge >= 0.3 is 0 Å². The van der Waals surface area contributed by atoms with Gasteiger partial charge in [-0.25, -0.2) is 0 Å². The fraction of sp³-hybridized carbons (Fsp3) is 0.100. The SMILES string of the molecule is O=Cc1ccc(Br)o1.OCc1ccc(Br)o1. The van der Waals surface area contributed by atoms with Gasteiger partial charge in [0.2, 0.25) is 0 Å². The van der Waals surface area contributed by atoms with E-state index < -0.39 is 0 Å². The van der Waals surface area contributed by atoms with Crippen LogP contribution in [0.4, 0.5) is 0 Å². The Labute approximate surface area is 109 Å². The van der Waals surface area contributed by atoms with Crippen LogP contribution in [0.2, 0.25) is 0 Å². The van der Waals surface area contributed by atoms with Gasteiger partial charge in [-0.3, -0.25) is 4.79 Å². The average Bonchev–Trinajstić information content (AvgIpc) is 2.88. The van der Waals surface area contributed by atoms with Crippen LogP contribution in [-0.2, 0) is 6.61 Å². The summed E-state index contributed by atoms with van der Waals surface area (Å²) in [5.41, 5.74) is 0. The Bertz CT molecular complexity index is 447. The van der Waals surface area contributed by atoms with Crippen molar-refractivity contribution >= 4 is 38.1 Å². The molecule has 0 radical (unpaired) electrons. The van der Waals surface area contributed by atoms with Gasteiger partial charge in [0.1, 0.15) is 12.4 Å². The third kappa shape index (κ3) is 4.34. The Morgan fingerprint density at radius 3 is 2.00 bits per heavy atom. The molecule has 0 fully saturated rings. The van der Waals surface area contributed by atoms with Gasteiger partial charge < -0.3 is 13.9 Å². The Morgan fingerprint density at radius 2 is 1.75 bits per heavy atom. The van der Waals surface area contributed by atoms with Crippen LogP contribution in [0.5, 0.6) is 0 Å². The normalized spacial score (nSPS) is 9.44.